The minimum absolute atomic E-state index is 0.0811. The van der Waals surface area contributed by atoms with Gasteiger partial charge in [0, 0.05) is 37.3 Å². The lowest BCUT2D eigenvalue weighted by Crippen LogP contribution is -2.30. The van der Waals surface area contributed by atoms with Gasteiger partial charge < -0.3 is 30.2 Å². The molecule has 0 aliphatic carbocycles. The van der Waals surface area contributed by atoms with Crippen molar-refractivity contribution in [1.29, 1.82) is 0 Å². The van der Waals surface area contributed by atoms with Crippen LogP contribution in [0.4, 0.5) is 0 Å². The highest BCUT2D eigenvalue weighted by atomic mass is 16.3. The molecule has 0 aliphatic heterocycles. The Hall–Kier alpha value is -2.44. The Labute approximate surface area is 141 Å². The van der Waals surface area contributed by atoms with Crippen LogP contribution in [0, 0.1) is 0 Å². The lowest BCUT2D eigenvalue weighted by molar-refractivity contribution is 0.242. The van der Waals surface area contributed by atoms with E-state index in [1.165, 1.54) is 12.1 Å². The molecule has 0 amide bonds. The van der Waals surface area contributed by atoms with Crippen molar-refractivity contribution in [3.05, 3.63) is 47.5 Å². The Balaban J connectivity index is 1.86. The van der Waals surface area contributed by atoms with E-state index >= 15 is 0 Å². The summed E-state index contributed by atoms with van der Waals surface area (Å²) < 4.78 is 0. The number of phenols is 4. The molecule has 0 fully saturated rings. The van der Waals surface area contributed by atoms with Crippen molar-refractivity contribution in [3.8, 4) is 23.0 Å². The van der Waals surface area contributed by atoms with Gasteiger partial charge in [-0.3, -0.25) is 0 Å². The lowest BCUT2D eigenvalue weighted by Gasteiger charge is -2.23. The lowest BCUT2D eigenvalue weighted by atomic mass is 10.1. The Kier molecular flexibility index (Phi) is 5.89. The molecule has 2 aromatic carbocycles. The zero-order valence-electron chi connectivity index (χ0n) is 14.0. The van der Waals surface area contributed by atoms with Crippen LogP contribution < -0.4 is 0 Å². The minimum Gasteiger partial charge on any atom is -0.504 e. The molecule has 0 unspecified atom stereocenters. The molecule has 130 valence electrons. The Morgan fingerprint density at radius 3 is 1.42 bits per heavy atom. The highest BCUT2D eigenvalue weighted by Gasteiger charge is 2.11. The van der Waals surface area contributed by atoms with E-state index in [2.05, 4.69) is 0 Å². The topological polar surface area (TPSA) is 87.4 Å². The van der Waals surface area contributed by atoms with Gasteiger partial charge in [0.25, 0.3) is 0 Å². The molecule has 0 spiro atoms. The number of phenolic OH excluding ortho intramolecular Hbond substituents is 4. The van der Waals surface area contributed by atoms with Crippen LogP contribution in [-0.2, 0) is 13.1 Å². The van der Waals surface area contributed by atoms with Gasteiger partial charge in [-0.1, -0.05) is 24.3 Å². The molecule has 6 heteroatoms. The zero-order valence-corrected chi connectivity index (χ0v) is 14.0. The first kappa shape index (κ1) is 17.9. The summed E-state index contributed by atoms with van der Waals surface area (Å²) in [4.78, 5) is 4.07. The normalized spacial score (nSPS) is 11.3. The van der Waals surface area contributed by atoms with E-state index in [4.69, 9.17) is 0 Å². The predicted molar refractivity (Wildman–Crippen MR) is 92.2 cm³/mol. The van der Waals surface area contributed by atoms with Crippen LogP contribution in [0.25, 0.3) is 0 Å². The molecule has 0 aromatic heterocycles. The fraction of sp³-hybridized carbons (Fsp3) is 0.333. The van der Waals surface area contributed by atoms with Gasteiger partial charge in [0.15, 0.2) is 23.0 Å². The molecule has 6 nitrogen and oxygen atoms in total. The maximum absolute atomic E-state index is 9.84. The van der Waals surface area contributed by atoms with E-state index in [1.807, 2.05) is 23.9 Å². The number of para-hydroxylation sites is 2. The summed E-state index contributed by atoms with van der Waals surface area (Å²) in [6.45, 7) is 2.52. The minimum atomic E-state index is -0.114. The van der Waals surface area contributed by atoms with E-state index in [0.717, 1.165) is 13.1 Å². The van der Waals surface area contributed by atoms with Crippen LogP contribution >= 0.6 is 0 Å². The Morgan fingerprint density at radius 2 is 1.04 bits per heavy atom. The van der Waals surface area contributed by atoms with Crippen molar-refractivity contribution in [2.45, 2.75) is 13.1 Å². The summed E-state index contributed by atoms with van der Waals surface area (Å²) in [7, 11) is 3.87. The maximum Gasteiger partial charge on any atom is 0.161 e. The predicted octanol–water partition coefficient (Wildman–Crippen LogP) is 2.07. The van der Waals surface area contributed by atoms with Gasteiger partial charge in [0.1, 0.15) is 0 Å². The maximum atomic E-state index is 9.84. The number of nitrogens with zero attached hydrogens (tertiary/aromatic N) is 2. The second-order valence-corrected chi connectivity index (χ2v) is 6.05. The molecule has 24 heavy (non-hydrogen) atoms. The molecule has 4 N–H and O–H groups in total. The van der Waals surface area contributed by atoms with Crippen molar-refractivity contribution < 1.29 is 20.4 Å². The number of hydrogen-bond donors (Lipinski definition) is 4. The number of likely N-dealkylation sites (N-methyl/N-ethyl adjacent to an activating group) is 2. The summed E-state index contributed by atoms with van der Waals surface area (Å²) in [5, 5.41) is 38.7. The summed E-state index contributed by atoms with van der Waals surface area (Å²) in [6.07, 6.45) is 0. The second kappa shape index (κ2) is 7.90. The number of benzene rings is 2. The highest BCUT2D eigenvalue weighted by molar-refractivity contribution is 5.44. The van der Waals surface area contributed by atoms with Crippen molar-refractivity contribution in [2.75, 3.05) is 27.2 Å². The molecule has 0 radical (unpaired) electrons. The van der Waals surface area contributed by atoms with Crippen molar-refractivity contribution in [2.24, 2.45) is 0 Å². The Morgan fingerprint density at radius 1 is 0.667 bits per heavy atom. The van der Waals surface area contributed by atoms with Gasteiger partial charge in [-0.2, -0.15) is 0 Å². The fourth-order valence-corrected chi connectivity index (χ4v) is 2.49. The van der Waals surface area contributed by atoms with Crippen LogP contribution in [-0.4, -0.2) is 57.4 Å². The molecule has 0 heterocycles. The van der Waals surface area contributed by atoms with Gasteiger partial charge in [-0.15, -0.1) is 0 Å². The highest BCUT2D eigenvalue weighted by Crippen LogP contribution is 2.29. The molecule has 0 saturated carbocycles. The monoisotopic (exact) mass is 332 g/mol. The molecular weight excluding hydrogens is 308 g/mol. The van der Waals surface area contributed by atoms with Crippen LogP contribution in [0.15, 0.2) is 36.4 Å². The van der Waals surface area contributed by atoms with Crippen LogP contribution in [0.2, 0.25) is 0 Å². The molecule has 0 bridgehead atoms. The number of rotatable bonds is 7. The SMILES string of the molecule is CN(CCN(C)Cc1cccc(O)c1O)Cc1cccc(O)c1O. The average Bonchev–Trinajstić information content (AvgIpc) is 2.54. The van der Waals surface area contributed by atoms with Crippen molar-refractivity contribution >= 4 is 0 Å². The van der Waals surface area contributed by atoms with Crippen LogP contribution in [0.3, 0.4) is 0 Å². The van der Waals surface area contributed by atoms with E-state index < -0.39 is 0 Å². The van der Waals surface area contributed by atoms with E-state index in [0.29, 0.717) is 24.2 Å². The smallest absolute Gasteiger partial charge is 0.161 e. The van der Waals surface area contributed by atoms with Crippen molar-refractivity contribution in [3.63, 3.8) is 0 Å². The number of aromatic hydroxyl groups is 4. The van der Waals surface area contributed by atoms with Gasteiger partial charge in [-0.25, -0.2) is 0 Å². The fourth-order valence-electron chi connectivity index (χ4n) is 2.49. The first-order chi connectivity index (χ1) is 11.4. The third kappa shape index (κ3) is 4.53. The molecule has 0 atom stereocenters. The molecular formula is C18H24N2O4. The molecule has 0 aliphatic rings. The van der Waals surface area contributed by atoms with Crippen LogP contribution in [0.5, 0.6) is 23.0 Å². The molecule has 0 saturated heterocycles. The van der Waals surface area contributed by atoms with Gasteiger partial charge in [0.2, 0.25) is 0 Å². The summed E-state index contributed by atoms with van der Waals surface area (Å²) in [6, 6.07) is 9.87. The van der Waals surface area contributed by atoms with E-state index in [1.54, 1.807) is 24.3 Å². The number of hydrogen-bond acceptors (Lipinski definition) is 6. The summed E-state index contributed by atoms with van der Waals surface area (Å²) in [5.41, 5.74) is 1.34. The Bertz CT molecular complexity index is 631. The molecule has 2 aromatic rings. The van der Waals surface area contributed by atoms with E-state index in [9.17, 15) is 20.4 Å². The standard InChI is InChI=1S/C18H24N2O4/c1-19(11-13-5-3-7-15(21)17(13)23)9-10-20(2)12-14-6-4-8-16(22)18(14)24/h3-8,21-24H,9-12H2,1-2H3. The summed E-state index contributed by atoms with van der Waals surface area (Å²) in [5.74, 6) is -0.389. The average molecular weight is 332 g/mol. The van der Waals surface area contributed by atoms with Crippen molar-refractivity contribution in [1.82, 2.24) is 9.80 Å². The third-order valence-electron chi connectivity index (χ3n) is 3.94. The first-order valence-corrected chi connectivity index (χ1v) is 7.75. The van der Waals surface area contributed by atoms with Gasteiger partial charge in [0.05, 0.1) is 0 Å². The zero-order chi connectivity index (χ0) is 17.7. The summed E-state index contributed by atoms with van der Waals surface area (Å²) >= 11 is 0. The first-order valence-electron chi connectivity index (χ1n) is 7.75. The van der Waals surface area contributed by atoms with Crippen LogP contribution in [0.1, 0.15) is 11.1 Å². The molecule has 2 rings (SSSR count). The van der Waals surface area contributed by atoms with Gasteiger partial charge >= 0.3 is 0 Å². The second-order valence-electron chi connectivity index (χ2n) is 6.05. The van der Waals surface area contributed by atoms with E-state index in [-0.39, 0.29) is 23.0 Å². The largest absolute Gasteiger partial charge is 0.504 e. The van der Waals surface area contributed by atoms with Gasteiger partial charge in [-0.05, 0) is 26.2 Å². The quantitative estimate of drug-likeness (QED) is 0.581. The third-order valence-corrected chi connectivity index (χ3v) is 3.94.